The van der Waals surface area contributed by atoms with Gasteiger partial charge in [0.2, 0.25) is 0 Å². The van der Waals surface area contributed by atoms with Gasteiger partial charge in [-0.2, -0.15) is 0 Å². The first-order chi connectivity index (χ1) is 17.5. The Balaban J connectivity index is 1.24. The zero-order valence-electron chi connectivity index (χ0n) is 19.0. The van der Waals surface area contributed by atoms with Crippen molar-refractivity contribution in [2.24, 2.45) is 0 Å². The highest BCUT2D eigenvalue weighted by atomic mass is 32.2. The summed E-state index contributed by atoms with van der Waals surface area (Å²) in [5.41, 5.74) is 3.18. The van der Waals surface area contributed by atoms with Crippen LogP contribution in [0.25, 0.3) is 11.1 Å². The molecular formula is C27H22N6O2S. The van der Waals surface area contributed by atoms with E-state index in [1.807, 2.05) is 48.5 Å². The van der Waals surface area contributed by atoms with Crippen molar-refractivity contribution in [3.05, 3.63) is 116 Å². The smallest absolute Gasteiger partial charge is 0.261 e. The molecule has 2 heterocycles. The molecule has 0 bridgehead atoms. The lowest BCUT2D eigenvalue weighted by molar-refractivity contribution is 0.601. The molecular weight excluding hydrogens is 472 g/mol. The minimum absolute atomic E-state index is 0.193. The molecule has 3 N–H and O–H groups in total. The molecule has 178 valence electrons. The Bertz CT molecular complexity index is 1540. The third kappa shape index (κ3) is 5.65. The molecule has 0 atom stereocenters. The number of anilines is 5. The van der Waals surface area contributed by atoms with E-state index in [9.17, 15) is 8.42 Å². The molecule has 0 amide bonds. The lowest BCUT2D eigenvalue weighted by Gasteiger charge is -2.11. The predicted molar refractivity (Wildman–Crippen MR) is 142 cm³/mol. The average molecular weight is 495 g/mol. The van der Waals surface area contributed by atoms with E-state index in [0.717, 1.165) is 16.8 Å². The van der Waals surface area contributed by atoms with Crippen molar-refractivity contribution in [3.8, 4) is 11.1 Å². The van der Waals surface area contributed by atoms with E-state index in [1.54, 1.807) is 60.8 Å². The maximum Gasteiger partial charge on any atom is 0.261 e. The SMILES string of the molecule is O=S(=O)(Nc1ccc(Nc2cc(Nc3ccccn3)ncn2)cc1)c1ccc(-c2ccccc2)cc1. The first-order valence-electron chi connectivity index (χ1n) is 11.1. The van der Waals surface area contributed by atoms with Gasteiger partial charge in [-0.3, -0.25) is 4.72 Å². The van der Waals surface area contributed by atoms with Crippen molar-refractivity contribution in [3.63, 3.8) is 0 Å². The van der Waals surface area contributed by atoms with Crippen LogP contribution >= 0.6 is 0 Å². The van der Waals surface area contributed by atoms with Gasteiger partial charge in [-0.25, -0.2) is 23.4 Å². The van der Waals surface area contributed by atoms with Crippen LogP contribution in [0.1, 0.15) is 0 Å². The van der Waals surface area contributed by atoms with Crippen molar-refractivity contribution in [1.29, 1.82) is 0 Å². The highest BCUT2D eigenvalue weighted by molar-refractivity contribution is 7.92. The molecule has 5 aromatic rings. The number of benzene rings is 3. The van der Waals surface area contributed by atoms with Crippen LogP contribution in [0, 0.1) is 0 Å². The Morgan fingerprint density at radius 1 is 0.556 bits per heavy atom. The van der Waals surface area contributed by atoms with Crippen molar-refractivity contribution in [2.75, 3.05) is 15.4 Å². The van der Waals surface area contributed by atoms with Crippen LogP contribution in [0.3, 0.4) is 0 Å². The molecule has 3 aromatic carbocycles. The lowest BCUT2D eigenvalue weighted by Crippen LogP contribution is -2.12. The van der Waals surface area contributed by atoms with Crippen LogP contribution in [0.2, 0.25) is 0 Å². The van der Waals surface area contributed by atoms with E-state index in [4.69, 9.17) is 0 Å². The van der Waals surface area contributed by atoms with Gasteiger partial charge in [-0.05, 0) is 59.7 Å². The Kier molecular flexibility index (Phi) is 6.55. The largest absolute Gasteiger partial charge is 0.340 e. The maximum absolute atomic E-state index is 12.9. The molecule has 0 unspecified atom stereocenters. The van der Waals surface area contributed by atoms with E-state index < -0.39 is 10.0 Å². The third-order valence-corrected chi connectivity index (χ3v) is 6.67. The minimum atomic E-state index is -3.72. The van der Waals surface area contributed by atoms with Gasteiger partial charge in [0.05, 0.1) is 4.90 Å². The molecule has 9 heteroatoms. The van der Waals surface area contributed by atoms with Gasteiger partial charge in [0.15, 0.2) is 0 Å². The topological polar surface area (TPSA) is 109 Å². The Morgan fingerprint density at radius 2 is 1.19 bits per heavy atom. The summed E-state index contributed by atoms with van der Waals surface area (Å²) in [4.78, 5) is 12.8. The molecule has 0 aliphatic rings. The van der Waals surface area contributed by atoms with Gasteiger partial charge in [-0.1, -0.05) is 48.5 Å². The van der Waals surface area contributed by atoms with Crippen molar-refractivity contribution in [1.82, 2.24) is 15.0 Å². The zero-order valence-corrected chi connectivity index (χ0v) is 19.9. The number of rotatable bonds is 8. The summed E-state index contributed by atoms with van der Waals surface area (Å²) in [6, 6.07) is 30.8. The Labute approximate surface area is 209 Å². The molecule has 0 aliphatic carbocycles. The minimum Gasteiger partial charge on any atom is -0.340 e. The summed E-state index contributed by atoms with van der Waals surface area (Å²) in [5, 5.41) is 6.30. The summed E-state index contributed by atoms with van der Waals surface area (Å²) in [7, 11) is -3.72. The molecule has 0 fully saturated rings. The lowest BCUT2D eigenvalue weighted by atomic mass is 10.1. The van der Waals surface area contributed by atoms with Crippen molar-refractivity contribution >= 4 is 38.9 Å². The van der Waals surface area contributed by atoms with Crippen molar-refractivity contribution in [2.45, 2.75) is 4.90 Å². The number of aromatic nitrogens is 3. The normalized spacial score (nSPS) is 11.0. The molecule has 5 rings (SSSR count). The van der Waals surface area contributed by atoms with Gasteiger partial charge >= 0.3 is 0 Å². The van der Waals surface area contributed by atoms with E-state index >= 15 is 0 Å². The fourth-order valence-corrected chi connectivity index (χ4v) is 4.56. The average Bonchev–Trinajstić information content (AvgIpc) is 2.91. The highest BCUT2D eigenvalue weighted by Crippen LogP contribution is 2.24. The quantitative estimate of drug-likeness (QED) is 0.249. The zero-order chi connectivity index (χ0) is 24.8. The number of nitrogens with zero attached hydrogens (tertiary/aromatic N) is 3. The molecule has 0 saturated heterocycles. The van der Waals surface area contributed by atoms with Crippen LogP contribution in [0.15, 0.2) is 121 Å². The van der Waals surface area contributed by atoms with Crippen LogP contribution in [0.4, 0.5) is 28.8 Å². The van der Waals surface area contributed by atoms with Gasteiger partial charge < -0.3 is 10.6 Å². The first-order valence-corrected chi connectivity index (χ1v) is 12.6. The van der Waals surface area contributed by atoms with E-state index in [0.29, 0.717) is 23.1 Å². The summed E-state index contributed by atoms with van der Waals surface area (Å²) in [6.45, 7) is 0. The van der Waals surface area contributed by atoms with E-state index in [2.05, 4.69) is 30.3 Å². The van der Waals surface area contributed by atoms with E-state index in [-0.39, 0.29) is 4.90 Å². The number of sulfonamides is 1. The number of hydrogen-bond acceptors (Lipinski definition) is 7. The molecule has 0 aliphatic heterocycles. The number of hydrogen-bond donors (Lipinski definition) is 3. The van der Waals surface area contributed by atoms with Crippen LogP contribution in [0.5, 0.6) is 0 Å². The molecule has 0 radical (unpaired) electrons. The van der Waals surface area contributed by atoms with Crippen LogP contribution in [-0.4, -0.2) is 23.4 Å². The number of pyridine rings is 1. The van der Waals surface area contributed by atoms with Gasteiger partial charge in [0, 0.05) is 23.6 Å². The number of nitrogens with one attached hydrogen (secondary N) is 3. The summed E-state index contributed by atoms with van der Waals surface area (Å²) in [5.74, 6) is 1.85. The van der Waals surface area contributed by atoms with Gasteiger partial charge in [0.25, 0.3) is 10.0 Å². The highest BCUT2D eigenvalue weighted by Gasteiger charge is 2.14. The molecule has 36 heavy (non-hydrogen) atoms. The first kappa shape index (κ1) is 23.0. The fourth-order valence-electron chi connectivity index (χ4n) is 3.50. The molecule has 0 spiro atoms. The van der Waals surface area contributed by atoms with Crippen molar-refractivity contribution < 1.29 is 8.42 Å². The van der Waals surface area contributed by atoms with E-state index in [1.165, 1.54) is 6.33 Å². The summed E-state index contributed by atoms with van der Waals surface area (Å²) in [6.07, 6.45) is 3.14. The fraction of sp³-hybridized carbons (Fsp3) is 0. The van der Waals surface area contributed by atoms with Crippen LogP contribution in [-0.2, 0) is 10.0 Å². The second-order valence-corrected chi connectivity index (χ2v) is 9.51. The Morgan fingerprint density at radius 3 is 1.89 bits per heavy atom. The van der Waals surface area contributed by atoms with Gasteiger partial charge in [0.1, 0.15) is 23.8 Å². The Hall–Kier alpha value is -4.76. The third-order valence-electron chi connectivity index (χ3n) is 5.27. The second kappa shape index (κ2) is 10.2. The maximum atomic E-state index is 12.9. The second-order valence-electron chi connectivity index (χ2n) is 7.83. The monoisotopic (exact) mass is 494 g/mol. The van der Waals surface area contributed by atoms with Gasteiger partial charge in [-0.15, -0.1) is 0 Å². The predicted octanol–water partition coefficient (Wildman–Crippen LogP) is 5.83. The molecule has 0 saturated carbocycles. The molecule has 8 nitrogen and oxygen atoms in total. The molecule has 2 aromatic heterocycles. The summed E-state index contributed by atoms with van der Waals surface area (Å²) < 4.78 is 28.3. The summed E-state index contributed by atoms with van der Waals surface area (Å²) >= 11 is 0. The van der Waals surface area contributed by atoms with Crippen LogP contribution < -0.4 is 15.4 Å². The standard InChI is InChI=1S/C27H22N6O2S/c34-36(35,24-15-9-21(10-16-24)20-6-2-1-3-7-20)33-23-13-11-22(12-14-23)31-26-18-27(30-19-29-26)32-25-8-4-5-17-28-25/h1-19,33H,(H2,28,29,30,31,32).